The quantitative estimate of drug-likeness (QED) is 0.579. The zero-order valence-corrected chi connectivity index (χ0v) is 17.5. The van der Waals surface area contributed by atoms with Crippen LogP contribution in [0.3, 0.4) is 0 Å². The van der Waals surface area contributed by atoms with Crippen LogP contribution in [-0.2, 0) is 6.54 Å². The molecule has 1 fully saturated rings. The Morgan fingerprint density at radius 3 is 2.73 bits per heavy atom. The van der Waals surface area contributed by atoms with Crippen molar-refractivity contribution >= 4 is 0 Å². The van der Waals surface area contributed by atoms with Gasteiger partial charge in [0.1, 0.15) is 0 Å². The maximum atomic E-state index is 4.36. The molecule has 1 aromatic heterocycles. The van der Waals surface area contributed by atoms with Crippen molar-refractivity contribution in [1.82, 2.24) is 20.4 Å². The van der Waals surface area contributed by atoms with Gasteiger partial charge in [-0.3, -0.25) is 5.10 Å². The molecule has 0 bridgehead atoms. The second-order valence-corrected chi connectivity index (χ2v) is 8.58. The Hall–Kier alpha value is -1.29. The summed E-state index contributed by atoms with van der Waals surface area (Å²) in [5.74, 6) is 2.02. The molecule has 0 aromatic carbocycles. The molecular weight excluding hydrogens is 320 g/mol. The Labute approximate surface area is 160 Å². The molecule has 0 radical (unpaired) electrons. The van der Waals surface area contributed by atoms with E-state index in [9.17, 15) is 0 Å². The minimum Gasteiger partial charge on any atom is -0.389 e. The number of hydrogen-bond acceptors (Lipinski definition) is 3. The molecule has 0 spiro atoms. The molecule has 1 saturated carbocycles. The topological polar surface area (TPSA) is 44.0 Å². The summed E-state index contributed by atoms with van der Waals surface area (Å²) in [5, 5.41) is 11.2. The highest BCUT2D eigenvalue weighted by atomic mass is 15.1. The largest absolute Gasteiger partial charge is 0.389 e. The second-order valence-electron chi connectivity index (χ2n) is 8.58. The van der Waals surface area contributed by atoms with Crippen LogP contribution in [0.1, 0.15) is 82.9 Å². The van der Waals surface area contributed by atoms with Crippen LogP contribution in [0.25, 0.3) is 0 Å². The summed E-state index contributed by atoms with van der Waals surface area (Å²) in [6, 6.07) is 0. The highest BCUT2D eigenvalue weighted by Crippen LogP contribution is 2.38. The Balaban J connectivity index is 1.81. The minimum atomic E-state index is 0.631. The number of rotatable bonds is 11. The lowest BCUT2D eigenvalue weighted by atomic mass is 9.78. The normalized spacial score (nSPS) is 20.7. The molecule has 0 amide bonds. The molecule has 2 rings (SSSR count). The van der Waals surface area contributed by atoms with Gasteiger partial charge in [0.15, 0.2) is 0 Å². The van der Waals surface area contributed by atoms with Gasteiger partial charge >= 0.3 is 0 Å². The zero-order chi connectivity index (χ0) is 18.9. The van der Waals surface area contributed by atoms with Crippen LogP contribution in [0.4, 0.5) is 0 Å². The first-order valence-electron chi connectivity index (χ1n) is 10.6. The Morgan fingerprint density at radius 2 is 2.08 bits per heavy atom. The first-order valence-corrected chi connectivity index (χ1v) is 10.6. The molecule has 1 aromatic rings. The summed E-state index contributed by atoms with van der Waals surface area (Å²) in [6.45, 7) is 14.3. The lowest BCUT2D eigenvalue weighted by Gasteiger charge is -2.30. The van der Waals surface area contributed by atoms with E-state index in [1.165, 1.54) is 61.9 Å². The first kappa shape index (κ1) is 21.0. The summed E-state index contributed by atoms with van der Waals surface area (Å²) in [5.41, 5.74) is 4.03. The molecule has 4 nitrogen and oxygen atoms in total. The molecule has 1 aliphatic carbocycles. The number of H-pyrrole nitrogens is 1. The van der Waals surface area contributed by atoms with Crippen LogP contribution < -0.4 is 5.32 Å². The van der Waals surface area contributed by atoms with E-state index in [0.29, 0.717) is 11.8 Å². The van der Waals surface area contributed by atoms with Crippen molar-refractivity contribution in [2.24, 2.45) is 11.8 Å². The van der Waals surface area contributed by atoms with Gasteiger partial charge < -0.3 is 10.2 Å². The van der Waals surface area contributed by atoms with Crippen molar-refractivity contribution in [1.29, 1.82) is 0 Å². The van der Waals surface area contributed by atoms with E-state index in [1.807, 2.05) is 6.20 Å². The van der Waals surface area contributed by atoms with Gasteiger partial charge in [0, 0.05) is 36.0 Å². The molecule has 4 heteroatoms. The van der Waals surface area contributed by atoms with E-state index < -0.39 is 0 Å². The third kappa shape index (κ3) is 6.46. The summed E-state index contributed by atoms with van der Waals surface area (Å²) >= 11 is 0. The van der Waals surface area contributed by atoms with Crippen LogP contribution in [0.5, 0.6) is 0 Å². The lowest BCUT2D eigenvalue weighted by Crippen LogP contribution is -2.25. The summed E-state index contributed by atoms with van der Waals surface area (Å²) in [7, 11) is 2.22. The third-order valence-corrected chi connectivity index (χ3v) is 5.79. The minimum absolute atomic E-state index is 0.631. The number of aromatic nitrogens is 2. The van der Waals surface area contributed by atoms with Crippen molar-refractivity contribution < 1.29 is 0 Å². The standard InChI is InChI=1S/C22H40N4/c1-6-7-14-26(5)16-21-15-24-25-22(21)20-10-8-19(9-11-20)18(4)23-13-12-17(2)3/h15,17,19-20,23H,4,6-14,16H2,1-3,5H3,(H,24,25). The van der Waals surface area contributed by atoms with Gasteiger partial charge in [0.2, 0.25) is 0 Å². The molecular formula is C22H40N4. The number of unbranched alkanes of at least 4 members (excludes halogenated alkanes) is 1. The zero-order valence-electron chi connectivity index (χ0n) is 17.5. The Bertz CT molecular complexity index is 526. The van der Waals surface area contributed by atoms with Crippen molar-refractivity contribution in [2.45, 2.75) is 78.2 Å². The van der Waals surface area contributed by atoms with E-state index in [2.05, 4.69) is 54.8 Å². The summed E-state index contributed by atoms with van der Waals surface area (Å²) in [4.78, 5) is 2.42. The van der Waals surface area contributed by atoms with Crippen LogP contribution in [0, 0.1) is 11.8 Å². The SMILES string of the molecule is C=C(NCCC(C)C)C1CCC(c2[nH]ncc2CN(C)CCCC)CC1. The van der Waals surface area contributed by atoms with Gasteiger partial charge in [0.25, 0.3) is 0 Å². The van der Waals surface area contributed by atoms with Gasteiger partial charge in [-0.25, -0.2) is 0 Å². The highest BCUT2D eigenvalue weighted by molar-refractivity contribution is 5.21. The number of hydrogen-bond donors (Lipinski definition) is 2. The predicted octanol–water partition coefficient (Wildman–Crippen LogP) is 5.06. The van der Waals surface area contributed by atoms with Gasteiger partial charge in [-0.15, -0.1) is 0 Å². The molecule has 26 heavy (non-hydrogen) atoms. The number of allylic oxidation sites excluding steroid dienone is 1. The lowest BCUT2D eigenvalue weighted by molar-refractivity contribution is 0.313. The predicted molar refractivity (Wildman–Crippen MR) is 111 cm³/mol. The van der Waals surface area contributed by atoms with Gasteiger partial charge in [-0.1, -0.05) is 33.8 Å². The van der Waals surface area contributed by atoms with E-state index >= 15 is 0 Å². The van der Waals surface area contributed by atoms with Crippen LogP contribution in [-0.4, -0.2) is 35.2 Å². The average Bonchev–Trinajstić information content (AvgIpc) is 3.07. The van der Waals surface area contributed by atoms with Gasteiger partial charge in [-0.2, -0.15) is 5.10 Å². The molecule has 0 unspecified atom stereocenters. The molecule has 1 aliphatic rings. The van der Waals surface area contributed by atoms with Crippen molar-refractivity contribution in [3.8, 4) is 0 Å². The molecule has 148 valence electrons. The van der Waals surface area contributed by atoms with Crippen LogP contribution in [0.2, 0.25) is 0 Å². The molecule has 1 heterocycles. The smallest absolute Gasteiger partial charge is 0.0535 e. The van der Waals surface area contributed by atoms with Crippen LogP contribution >= 0.6 is 0 Å². The fourth-order valence-electron chi connectivity index (χ4n) is 3.99. The maximum absolute atomic E-state index is 4.36. The van der Waals surface area contributed by atoms with Crippen molar-refractivity contribution in [3.63, 3.8) is 0 Å². The fourth-order valence-corrected chi connectivity index (χ4v) is 3.99. The summed E-state index contributed by atoms with van der Waals surface area (Å²) < 4.78 is 0. The highest BCUT2D eigenvalue weighted by Gasteiger charge is 2.26. The monoisotopic (exact) mass is 360 g/mol. The molecule has 0 atom stereocenters. The van der Waals surface area contributed by atoms with Crippen LogP contribution in [0.15, 0.2) is 18.5 Å². The van der Waals surface area contributed by atoms with Gasteiger partial charge in [-0.05, 0) is 64.0 Å². The first-order chi connectivity index (χ1) is 12.5. The molecule has 0 aliphatic heterocycles. The maximum Gasteiger partial charge on any atom is 0.0535 e. The molecule has 2 N–H and O–H groups in total. The molecule has 0 saturated heterocycles. The van der Waals surface area contributed by atoms with E-state index in [-0.39, 0.29) is 0 Å². The number of nitrogens with zero attached hydrogens (tertiary/aromatic N) is 2. The van der Waals surface area contributed by atoms with E-state index in [0.717, 1.165) is 25.6 Å². The Kier molecular flexibility index (Phi) is 8.70. The number of aromatic amines is 1. The van der Waals surface area contributed by atoms with E-state index in [4.69, 9.17) is 0 Å². The van der Waals surface area contributed by atoms with Crippen molar-refractivity contribution in [3.05, 3.63) is 29.7 Å². The Morgan fingerprint density at radius 1 is 1.35 bits per heavy atom. The average molecular weight is 361 g/mol. The second kappa shape index (κ2) is 10.8. The van der Waals surface area contributed by atoms with Gasteiger partial charge in [0.05, 0.1) is 6.20 Å². The fraction of sp³-hybridized carbons (Fsp3) is 0.773. The van der Waals surface area contributed by atoms with E-state index in [1.54, 1.807) is 0 Å². The number of nitrogens with one attached hydrogen (secondary N) is 2. The summed E-state index contributed by atoms with van der Waals surface area (Å²) in [6.07, 6.45) is 10.7. The van der Waals surface area contributed by atoms with Crippen molar-refractivity contribution in [2.75, 3.05) is 20.1 Å². The third-order valence-electron chi connectivity index (χ3n) is 5.79.